The Hall–Kier alpha value is -0.320. The maximum absolute atomic E-state index is 5.11. The van der Waals surface area contributed by atoms with Crippen LogP contribution in [0.2, 0.25) is 0 Å². The zero-order chi connectivity index (χ0) is 8.39. The highest BCUT2D eigenvalue weighted by atomic mass is 79.9. The predicted octanol–water partition coefficient (Wildman–Crippen LogP) is 1.10. The van der Waals surface area contributed by atoms with Gasteiger partial charge in [0.2, 0.25) is 0 Å². The third-order valence-corrected chi connectivity index (χ3v) is 2.41. The van der Waals surface area contributed by atoms with Crippen LogP contribution < -0.4 is 10.6 Å². The van der Waals surface area contributed by atoms with Crippen LogP contribution in [-0.4, -0.2) is 19.1 Å². The molecule has 0 bridgehead atoms. The van der Waals surface area contributed by atoms with Crippen LogP contribution in [0, 0.1) is 0 Å². The van der Waals surface area contributed by atoms with Crippen molar-refractivity contribution in [2.75, 3.05) is 13.1 Å². The Labute approximate surface area is 79.6 Å². The fourth-order valence-corrected chi connectivity index (χ4v) is 1.52. The molecule has 1 aromatic heterocycles. The number of hydrogen-bond acceptors (Lipinski definition) is 3. The summed E-state index contributed by atoms with van der Waals surface area (Å²) in [5.41, 5.74) is 1.19. The first-order valence-corrected chi connectivity index (χ1v) is 4.81. The van der Waals surface area contributed by atoms with Crippen molar-refractivity contribution in [1.82, 2.24) is 10.6 Å². The van der Waals surface area contributed by atoms with Crippen LogP contribution in [0.25, 0.3) is 0 Å². The Morgan fingerprint density at radius 1 is 1.67 bits per heavy atom. The molecule has 66 valence electrons. The molecule has 0 unspecified atom stereocenters. The number of hydrogen-bond donors (Lipinski definition) is 2. The second-order valence-electron chi connectivity index (χ2n) is 3.00. The molecule has 0 aliphatic carbocycles. The van der Waals surface area contributed by atoms with Crippen molar-refractivity contribution in [3.8, 4) is 0 Å². The molecule has 1 saturated heterocycles. The molecular formula is C8H11BrN2O. The van der Waals surface area contributed by atoms with Gasteiger partial charge in [0.15, 0.2) is 4.67 Å². The summed E-state index contributed by atoms with van der Waals surface area (Å²) in [4.78, 5) is 0. The van der Waals surface area contributed by atoms with Crippen molar-refractivity contribution in [2.24, 2.45) is 0 Å². The van der Waals surface area contributed by atoms with E-state index >= 15 is 0 Å². The Balaban J connectivity index is 1.79. The quantitative estimate of drug-likeness (QED) is 0.818. The Kier molecular flexibility index (Phi) is 2.48. The standard InChI is InChI=1S/C8H11BrN2O/c9-8-1-6(5-12-8)2-11-7-3-10-4-7/h1,5,7,10-11H,2-4H2. The van der Waals surface area contributed by atoms with Gasteiger partial charge in [0.25, 0.3) is 0 Å². The number of nitrogens with one attached hydrogen (secondary N) is 2. The number of halogens is 1. The lowest BCUT2D eigenvalue weighted by Crippen LogP contribution is -2.54. The van der Waals surface area contributed by atoms with E-state index in [9.17, 15) is 0 Å². The van der Waals surface area contributed by atoms with E-state index in [4.69, 9.17) is 4.42 Å². The molecule has 0 saturated carbocycles. The van der Waals surface area contributed by atoms with Crippen molar-refractivity contribution in [2.45, 2.75) is 12.6 Å². The van der Waals surface area contributed by atoms with Crippen molar-refractivity contribution in [1.29, 1.82) is 0 Å². The maximum Gasteiger partial charge on any atom is 0.169 e. The van der Waals surface area contributed by atoms with Gasteiger partial charge in [-0.3, -0.25) is 0 Å². The maximum atomic E-state index is 5.11. The molecular weight excluding hydrogens is 220 g/mol. The summed E-state index contributed by atoms with van der Waals surface area (Å²) < 4.78 is 5.91. The third kappa shape index (κ3) is 1.88. The predicted molar refractivity (Wildman–Crippen MR) is 49.9 cm³/mol. The average Bonchev–Trinajstić information content (AvgIpc) is 2.32. The van der Waals surface area contributed by atoms with Crippen LogP contribution in [0.4, 0.5) is 0 Å². The van der Waals surface area contributed by atoms with E-state index < -0.39 is 0 Å². The smallest absolute Gasteiger partial charge is 0.169 e. The zero-order valence-corrected chi connectivity index (χ0v) is 8.23. The first-order chi connectivity index (χ1) is 5.84. The van der Waals surface area contributed by atoms with Crippen LogP contribution in [0.5, 0.6) is 0 Å². The van der Waals surface area contributed by atoms with Gasteiger partial charge in [0.05, 0.1) is 6.26 Å². The second-order valence-corrected chi connectivity index (χ2v) is 3.78. The normalized spacial score (nSPS) is 17.8. The summed E-state index contributed by atoms with van der Waals surface area (Å²) in [6, 6.07) is 2.62. The monoisotopic (exact) mass is 230 g/mol. The molecule has 1 aliphatic rings. The lowest BCUT2D eigenvalue weighted by molar-refractivity contribution is 0.365. The Bertz CT molecular complexity index is 257. The van der Waals surface area contributed by atoms with E-state index in [1.54, 1.807) is 6.26 Å². The highest BCUT2D eigenvalue weighted by Crippen LogP contribution is 2.13. The summed E-state index contributed by atoms with van der Waals surface area (Å²) in [6.45, 7) is 3.06. The molecule has 2 heterocycles. The SMILES string of the molecule is Brc1cc(CNC2CNC2)co1. The summed E-state index contributed by atoms with van der Waals surface area (Å²) in [7, 11) is 0. The molecule has 1 aromatic rings. The summed E-state index contributed by atoms with van der Waals surface area (Å²) in [5, 5.41) is 6.61. The van der Waals surface area contributed by atoms with E-state index in [1.165, 1.54) is 5.56 Å². The van der Waals surface area contributed by atoms with E-state index in [2.05, 4.69) is 26.6 Å². The summed E-state index contributed by atoms with van der Waals surface area (Å²) in [6.07, 6.45) is 1.77. The topological polar surface area (TPSA) is 37.2 Å². The van der Waals surface area contributed by atoms with Crippen LogP contribution in [-0.2, 0) is 6.54 Å². The van der Waals surface area contributed by atoms with Crippen molar-refractivity contribution < 1.29 is 4.42 Å². The van der Waals surface area contributed by atoms with E-state index in [0.717, 1.165) is 24.3 Å². The highest BCUT2D eigenvalue weighted by Gasteiger charge is 2.15. The van der Waals surface area contributed by atoms with Gasteiger partial charge in [0.1, 0.15) is 0 Å². The fraction of sp³-hybridized carbons (Fsp3) is 0.500. The highest BCUT2D eigenvalue weighted by molar-refractivity contribution is 9.10. The van der Waals surface area contributed by atoms with Crippen molar-refractivity contribution >= 4 is 15.9 Å². The molecule has 0 atom stereocenters. The molecule has 2 N–H and O–H groups in total. The zero-order valence-electron chi connectivity index (χ0n) is 6.64. The van der Waals surface area contributed by atoms with Crippen LogP contribution in [0.1, 0.15) is 5.56 Å². The van der Waals surface area contributed by atoms with E-state index in [0.29, 0.717) is 6.04 Å². The molecule has 1 fully saturated rings. The van der Waals surface area contributed by atoms with Gasteiger partial charge < -0.3 is 15.1 Å². The van der Waals surface area contributed by atoms with Gasteiger partial charge in [-0.1, -0.05) is 0 Å². The van der Waals surface area contributed by atoms with E-state index in [1.807, 2.05) is 6.07 Å². The minimum Gasteiger partial charge on any atom is -0.457 e. The van der Waals surface area contributed by atoms with Crippen LogP contribution >= 0.6 is 15.9 Å². The largest absolute Gasteiger partial charge is 0.457 e. The Morgan fingerprint density at radius 3 is 3.00 bits per heavy atom. The van der Waals surface area contributed by atoms with Gasteiger partial charge in [0, 0.05) is 31.2 Å². The lowest BCUT2D eigenvalue weighted by atomic mass is 10.2. The minimum atomic E-state index is 0.638. The molecule has 12 heavy (non-hydrogen) atoms. The van der Waals surface area contributed by atoms with Crippen LogP contribution in [0.15, 0.2) is 21.4 Å². The van der Waals surface area contributed by atoms with Gasteiger partial charge in [-0.05, 0) is 22.0 Å². The van der Waals surface area contributed by atoms with Gasteiger partial charge in [-0.15, -0.1) is 0 Å². The molecule has 2 rings (SSSR count). The molecule has 0 radical (unpaired) electrons. The third-order valence-electron chi connectivity index (χ3n) is 2.00. The lowest BCUT2D eigenvalue weighted by Gasteiger charge is -2.27. The number of rotatable bonds is 3. The van der Waals surface area contributed by atoms with Gasteiger partial charge >= 0.3 is 0 Å². The average molecular weight is 231 g/mol. The fourth-order valence-electron chi connectivity index (χ4n) is 1.13. The number of furan rings is 1. The molecule has 4 heteroatoms. The molecule has 0 spiro atoms. The van der Waals surface area contributed by atoms with Gasteiger partial charge in [-0.2, -0.15) is 0 Å². The van der Waals surface area contributed by atoms with Crippen molar-refractivity contribution in [3.05, 3.63) is 22.6 Å². The van der Waals surface area contributed by atoms with Crippen molar-refractivity contribution in [3.63, 3.8) is 0 Å². The van der Waals surface area contributed by atoms with Gasteiger partial charge in [-0.25, -0.2) is 0 Å². The molecule has 3 nitrogen and oxygen atoms in total. The second kappa shape index (κ2) is 3.60. The summed E-state index contributed by atoms with van der Waals surface area (Å²) in [5.74, 6) is 0. The first-order valence-electron chi connectivity index (χ1n) is 4.01. The minimum absolute atomic E-state index is 0.638. The first kappa shape index (κ1) is 8.29. The summed E-state index contributed by atoms with van der Waals surface area (Å²) >= 11 is 3.26. The van der Waals surface area contributed by atoms with E-state index in [-0.39, 0.29) is 0 Å². The Morgan fingerprint density at radius 2 is 2.50 bits per heavy atom. The molecule has 1 aliphatic heterocycles. The molecule has 0 aromatic carbocycles. The molecule has 0 amide bonds. The van der Waals surface area contributed by atoms with Crippen LogP contribution in [0.3, 0.4) is 0 Å².